The minimum atomic E-state index is -0.581. The van der Waals surface area contributed by atoms with Crippen LogP contribution in [0.2, 0.25) is 0 Å². The van der Waals surface area contributed by atoms with Crippen molar-refractivity contribution in [3.8, 4) is 0 Å². The fourth-order valence-corrected chi connectivity index (χ4v) is 2.80. The maximum Gasteiger partial charge on any atom is 0.326 e. The second-order valence-corrected chi connectivity index (χ2v) is 5.89. The van der Waals surface area contributed by atoms with Gasteiger partial charge in [-0.1, -0.05) is 13.3 Å². The molecule has 4 heteroatoms. The van der Waals surface area contributed by atoms with E-state index in [0.717, 1.165) is 13.0 Å². The Morgan fingerprint density at radius 1 is 1.47 bits per heavy atom. The molecule has 2 atom stereocenters. The summed E-state index contributed by atoms with van der Waals surface area (Å²) in [5.74, 6) is -0.134. The predicted molar refractivity (Wildman–Crippen MR) is 78.2 cm³/mol. The zero-order valence-corrected chi connectivity index (χ0v) is 13.2. The Morgan fingerprint density at radius 2 is 2.11 bits per heavy atom. The van der Waals surface area contributed by atoms with E-state index < -0.39 is 5.54 Å². The van der Waals surface area contributed by atoms with Crippen LogP contribution in [-0.4, -0.2) is 48.7 Å². The molecule has 0 bridgehead atoms. The molecule has 1 aliphatic rings. The summed E-state index contributed by atoms with van der Waals surface area (Å²) in [5.41, 5.74) is -0.581. The zero-order chi connectivity index (χ0) is 14.5. The van der Waals surface area contributed by atoms with Gasteiger partial charge in [0.2, 0.25) is 0 Å². The number of nitrogens with zero attached hydrogens (tertiary/aromatic N) is 1. The van der Waals surface area contributed by atoms with Crippen LogP contribution >= 0.6 is 0 Å². The van der Waals surface area contributed by atoms with Gasteiger partial charge >= 0.3 is 5.97 Å². The average molecular weight is 270 g/mol. The lowest BCUT2D eigenvalue weighted by Crippen LogP contribution is -2.55. The smallest absolute Gasteiger partial charge is 0.326 e. The molecule has 0 aromatic heterocycles. The Kier molecular flexibility index (Phi) is 6.27. The van der Waals surface area contributed by atoms with Crippen LogP contribution in [0.1, 0.15) is 53.4 Å². The van der Waals surface area contributed by atoms with Gasteiger partial charge < -0.3 is 15.0 Å². The Morgan fingerprint density at radius 3 is 2.53 bits per heavy atom. The third kappa shape index (κ3) is 4.18. The molecule has 1 rings (SSSR count). The second kappa shape index (κ2) is 7.25. The van der Waals surface area contributed by atoms with E-state index in [1.165, 1.54) is 19.3 Å². The number of carbonyl (C=O) groups excluding carboxylic acids is 1. The van der Waals surface area contributed by atoms with E-state index in [1.54, 1.807) is 0 Å². The van der Waals surface area contributed by atoms with Gasteiger partial charge in [0.05, 0.1) is 6.61 Å². The van der Waals surface area contributed by atoms with Crippen LogP contribution in [0.5, 0.6) is 0 Å². The van der Waals surface area contributed by atoms with Gasteiger partial charge in [-0.2, -0.15) is 0 Å². The number of hydrogen-bond acceptors (Lipinski definition) is 4. The summed E-state index contributed by atoms with van der Waals surface area (Å²) in [5, 5.41) is 3.30. The summed E-state index contributed by atoms with van der Waals surface area (Å²) in [6, 6.07) is 1.07. The van der Waals surface area contributed by atoms with Crippen LogP contribution in [0, 0.1) is 0 Å². The van der Waals surface area contributed by atoms with Crippen LogP contribution in [0.15, 0.2) is 0 Å². The number of ether oxygens (including phenoxy) is 1. The van der Waals surface area contributed by atoms with E-state index in [0.29, 0.717) is 18.7 Å². The summed E-state index contributed by atoms with van der Waals surface area (Å²) in [4.78, 5) is 14.6. The molecule has 0 aromatic rings. The molecule has 0 saturated heterocycles. The van der Waals surface area contributed by atoms with E-state index in [4.69, 9.17) is 4.74 Å². The van der Waals surface area contributed by atoms with Gasteiger partial charge in [-0.25, -0.2) is 0 Å². The molecular formula is C15H30N2O2. The summed E-state index contributed by atoms with van der Waals surface area (Å²) < 4.78 is 5.22. The monoisotopic (exact) mass is 270 g/mol. The molecule has 0 heterocycles. The van der Waals surface area contributed by atoms with Crippen molar-refractivity contribution in [2.45, 2.75) is 71.0 Å². The summed E-state index contributed by atoms with van der Waals surface area (Å²) in [6.07, 6.45) is 4.70. The van der Waals surface area contributed by atoms with Crippen LogP contribution in [-0.2, 0) is 9.53 Å². The van der Waals surface area contributed by atoms with Gasteiger partial charge in [-0.05, 0) is 53.6 Å². The average Bonchev–Trinajstić information content (AvgIpc) is 2.27. The van der Waals surface area contributed by atoms with E-state index in [9.17, 15) is 4.79 Å². The SMILES string of the molecule is CCNC(C)(CC(C)N(C)C1CCC1)C(=O)OCC. The molecule has 112 valence electrons. The molecule has 0 aliphatic heterocycles. The zero-order valence-electron chi connectivity index (χ0n) is 13.2. The number of carbonyl (C=O) groups is 1. The molecule has 0 radical (unpaired) electrons. The van der Waals surface area contributed by atoms with Gasteiger partial charge in [-0.15, -0.1) is 0 Å². The maximum absolute atomic E-state index is 12.2. The van der Waals surface area contributed by atoms with Crippen molar-refractivity contribution in [2.24, 2.45) is 0 Å². The molecular weight excluding hydrogens is 240 g/mol. The summed E-state index contributed by atoms with van der Waals surface area (Å²) >= 11 is 0. The van der Waals surface area contributed by atoms with Crippen molar-refractivity contribution in [2.75, 3.05) is 20.2 Å². The van der Waals surface area contributed by atoms with Crippen molar-refractivity contribution in [1.29, 1.82) is 0 Å². The number of nitrogens with one attached hydrogen (secondary N) is 1. The van der Waals surface area contributed by atoms with Crippen molar-refractivity contribution in [3.05, 3.63) is 0 Å². The third-order valence-corrected chi connectivity index (χ3v) is 4.34. The minimum Gasteiger partial charge on any atom is -0.465 e. The Labute approximate surface area is 117 Å². The van der Waals surface area contributed by atoms with Crippen molar-refractivity contribution >= 4 is 5.97 Å². The highest BCUT2D eigenvalue weighted by Crippen LogP contribution is 2.27. The number of likely N-dealkylation sites (N-methyl/N-ethyl adjacent to an activating group) is 1. The van der Waals surface area contributed by atoms with Crippen molar-refractivity contribution in [3.63, 3.8) is 0 Å². The summed E-state index contributed by atoms with van der Waals surface area (Å²) in [7, 11) is 2.17. The third-order valence-electron chi connectivity index (χ3n) is 4.34. The largest absolute Gasteiger partial charge is 0.465 e. The molecule has 2 unspecified atom stereocenters. The number of rotatable bonds is 8. The number of hydrogen-bond donors (Lipinski definition) is 1. The van der Waals surface area contributed by atoms with Gasteiger partial charge in [-0.3, -0.25) is 4.79 Å². The van der Waals surface area contributed by atoms with Gasteiger partial charge in [0.15, 0.2) is 0 Å². The molecule has 0 amide bonds. The van der Waals surface area contributed by atoms with E-state index in [-0.39, 0.29) is 5.97 Å². The molecule has 19 heavy (non-hydrogen) atoms. The van der Waals surface area contributed by atoms with Crippen LogP contribution in [0.25, 0.3) is 0 Å². The standard InChI is InChI=1S/C15H30N2O2/c1-6-16-15(4,14(18)19-7-2)11-12(3)17(5)13-9-8-10-13/h12-13,16H,6-11H2,1-5H3. The molecule has 0 aromatic carbocycles. The maximum atomic E-state index is 12.2. The first-order valence-corrected chi connectivity index (χ1v) is 7.58. The van der Waals surface area contributed by atoms with E-state index in [2.05, 4.69) is 24.2 Å². The Balaban J connectivity index is 2.62. The molecule has 1 fully saturated rings. The summed E-state index contributed by atoms with van der Waals surface area (Å²) in [6.45, 7) is 9.25. The molecule has 1 aliphatic carbocycles. The molecule has 1 N–H and O–H groups in total. The highest BCUT2D eigenvalue weighted by atomic mass is 16.5. The first kappa shape index (κ1) is 16.4. The van der Waals surface area contributed by atoms with Gasteiger partial charge in [0.25, 0.3) is 0 Å². The Bertz CT molecular complexity index is 292. The number of esters is 1. The highest BCUT2D eigenvalue weighted by Gasteiger charge is 2.37. The minimum absolute atomic E-state index is 0.134. The topological polar surface area (TPSA) is 41.6 Å². The molecule has 1 saturated carbocycles. The lowest BCUT2D eigenvalue weighted by Gasteiger charge is -2.41. The Hall–Kier alpha value is -0.610. The normalized spacial score (nSPS) is 20.7. The van der Waals surface area contributed by atoms with E-state index >= 15 is 0 Å². The van der Waals surface area contributed by atoms with Crippen molar-refractivity contribution in [1.82, 2.24) is 10.2 Å². The highest BCUT2D eigenvalue weighted by molar-refractivity contribution is 5.80. The molecule has 0 spiro atoms. The van der Waals surface area contributed by atoms with E-state index in [1.807, 2.05) is 20.8 Å². The van der Waals surface area contributed by atoms with Gasteiger partial charge in [0, 0.05) is 12.1 Å². The second-order valence-electron chi connectivity index (χ2n) is 5.89. The lowest BCUT2D eigenvalue weighted by molar-refractivity contribution is -0.151. The quantitative estimate of drug-likeness (QED) is 0.686. The molecule has 4 nitrogen and oxygen atoms in total. The first-order chi connectivity index (χ1) is 8.94. The lowest BCUT2D eigenvalue weighted by atomic mass is 9.87. The van der Waals surface area contributed by atoms with Crippen LogP contribution < -0.4 is 5.32 Å². The van der Waals surface area contributed by atoms with Crippen LogP contribution in [0.4, 0.5) is 0 Å². The fourth-order valence-electron chi connectivity index (χ4n) is 2.80. The van der Waals surface area contributed by atoms with Crippen molar-refractivity contribution < 1.29 is 9.53 Å². The first-order valence-electron chi connectivity index (χ1n) is 7.58. The predicted octanol–water partition coefficient (Wildman–Crippen LogP) is 2.18. The van der Waals surface area contributed by atoms with Crippen LogP contribution in [0.3, 0.4) is 0 Å². The van der Waals surface area contributed by atoms with Gasteiger partial charge in [0.1, 0.15) is 5.54 Å². The fraction of sp³-hybridized carbons (Fsp3) is 0.933.